The summed E-state index contributed by atoms with van der Waals surface area (Å²) in [6.07, 6.45) is 5.60. The second-order valence-corrected chi connectivity index (χ2v) is 2.96. The third kappa shape index (κ3) is 1.24. The van der Waals surface area contributed by atoms with Crippen molar-refractivity contribution in [3.63, 3.8) is 0 Å². The van der Waals surface area contributed by atoms with Gasteiger partial charge in [0.1, 0.15) is 0 Å². The molecule has 4 N–H and O–H groups in total. The van der Waals surface area contributed by atoms with Crippen molar-refractivity contribution >= 4 is 5.95 Å². The molecule has 0 aromatic carbocycles. The summed E-state index contributed by atoms with van der Waals surface area (Å²) in [4.78, 5) is 4.10. The summed E-state index contributed by atoms with van der Waals surface area (Å²) in [5, 5.41) is 0. The third-order valence-electron chi connectivity index (χ3n) is 1.89. The van der Waals surface area contributed by atoms with Crippen LogP contribution in [-0.2, 0) is 7.05 Å². The van der Waals surface area contributed by atoms with Gasteiger partial charge in [-0.25, -0.2) is 9.66 Å². The molecular weight excluding hydrogens is 166 g/mol. The third-order valence-corrected chi connectivity index (χ3v) is 1.89. The van der Waals surface area contributed by atoms with Crippen LogP contribution in [0.4, 0.5) is 5.95 Å². The standard InChI is InChI=1S/C8H11N5/c1-12-3-2-6(4-12)7-5-13(10)8(9)11-7/h2-5H,10H2,1H3,(H2,9,11). The molecule has 0 bridgehead atoms. The Morgan fingerprint density at radius 3 is 2.62 bits per heavy atom. The summed E-state index contributed by atoms with van der Waals surface area (Å²) >= 11 is 0. The van der Waals surface area contributed by atoms with Gasteiger partial charge >= 0.3 is 0 Å². The van der Waals surface area contributed by atoms with Crippen molar-refractivity contribution in [1.82, 2.24) is 14.2 Å². The molecule has 13 heavy (non-hydrogen) atoms. The number of rotatable bonds is 1. The van der Waals surface area contributed by atoms with Crippen LogP contribution in [0.1, 0.15) is 0 Å². The van der Waals surface area contributed by atoms with E-state index >= 15 is 0 Å². The summed E-state index contributed by atoms with van der Waals surface area (Å²) < 4.78 is 3.25. The first-order valence-corrected chi connectivity index (χ1v) is 3.89. The molecule has 0 radical (unpaired) electrons. The Hall–Kier alpha value is -1.91. The maximum absolute atomic E-state index is 5.51. The van der Waals surface area contributed by atoms with Gasteiger partial charge in [-0.1, -0.05) is 0 Å². The molecule has 2 aromatic heterocycles. The first-order valence-electron chi connectivity index (χ1n) is 3.89. The van der Waals surface area contributed by atoms with Crippen molar-refractivity contribution in [3.8, 4) is 11.3 Å². The predicted octanol–water partition coefficient (Wildman–Crippen LogP) is 0.185. The Morgan fingerprint density at radius 2 is 2.15 bits per heavy atom. The van der Waals surface area contributed by atoms with Crippen molar-refractivity contribution in [3.05, 3.63) is 24.7 Å². The number of nitrogens with zero attached hydrogens (tertiary/aromatic N) is 3. The van der Waals surface area contributed by atoms with Crippen molar-refractivity contribution in [2.75, 3.05) is 11.6 Å². The topological polar surface area (TPSA) is 74.8 Å². The highest BCUT2D eigenvalue weighted by Crippen LogP contribution is 2.18. The number of anilines is 1. The van der Waals surface area contributed by atoms with Crippen molar-refractivity contribution in [1.29, 1.82) is 0 Å². The number of aryl methyl sites for hydroxylation is 1. The lowest BCUT2D eigenvalue weighted by Crippen LogP contribution is -2.09. The average molecular weight is 177 g/mol. The molecule has 2 rings (SSSR count). The Bertz CT molecular complexity index is 406. The number of hydrogen-bond acceptors (Lipinski definition) is 3. The first-order chi connectivity index (χ1) is 6.16. The van der Waals surface area contributed by atoms with E-state index < -0.39 is 0 Å². The van der Waals surface area contributed by atoms with E-state index in [0.29, 0.717) is 5.95 Å². The van der Waals surface area contributed by atoms with Gasteiger partial charge in [-0.3, -0.25) is 0 Å². The molecule has 0 atom stereocenters. The Labute approximate surface area is 75.6 Å². The Kier molecular flexibility index (Phi) is 1.51. The molecule has 2 heterocycles. The molecule has 0 fully saturated rings. The van der Waals surface area contributed by atoms with Crippen LogP contribution in [0, 0.1) is 0 Å². The number of imidazole rings is 1. The summed E-state index contributed by atoms with van der Waals surface area (Å²) in [6.45, 7) is 0. The molecule has 68 valence electrons. The highest BCUT2D eigenvalue weighted by atomic mass is 15.3. The van der Waals surface area contributed by atoms with Gasteiger partial charge in [0.25, 0.3) is 0 Å². The molecule has 0 aliphatic rings. The van der Waals surface area contributed by atoms with Crippen LogP contribution >= 0.6 is 0 Å². The monoisotopic (exact) mass is 177 g/mol. The SMILES string of the molecule is Cn1ccc(-c2cn(N)c(N)n2)c1. The van der Waals surface area contributed by atoms with Crippen LogP contribution in [0.2, 0.25) is 0 Å². The Morgan fingerprint density at radius 1 is 1.38 bits per heavy atom. The summed E-state index contributed by atoms with van der Waals surface area (Å²) in [6, 6.07) is 1.96. The highest BCUT2D eigenvalue weighted by molar-refractivity contribution is 5.59. The minimum Gasteiger partial charge on any atom is -0.368 e. The molecule has 0 saturated heterocycles. The smallest absolute Gasteiger partial charge is 0.219 e. The van der Waals surface area contributed by atoms with E-state index in [1.165, 1.54) is 4.68 Å². The van der Waals surface area contributed by atoms with Gasteiger partial charge < -0.3 is 16.1 Å². The van der Waals surface area contributed by atoms with Crippen molar-refractivity contribution in [2.24, 2.45) is 7.05 Å². The molecule has 0 saturated carbocycles. The van der Waals surface area contributed by atoms with Crippen LogP contribution in [-0.4, -0.2) is 14.2 Å². The second kappa shape index (κ2) is 2.55. The van der Waals surface area contributed by atoms with E-state index in [1.807, 2.05) is 30.1 Å². The fraction of sp³-hybridized carbons (Fsp3) is 0.125. The highest BCUT2D eigenvalue weighted by Gasteiger charge is 2.05. The summed E-state index contributed by atoms with van der Waals surface area (Å²) in [5.41, 5.74) is 7.31. The largest absolute Gasteiger partial charge is 0.368 e. The van der Waals surface area contributed by atoms with Gasteiger partial charge in [0.15, 0.2) is 0 Å². The van der Waals surface area contributed by atoms with E-state index in [4.69, 9.17) is 11.6 Å². The van der Waals surface area contributed by atoms with Crippen molar-refractivity contribution < 1.29 is 0 Å². The van der Waals surface area contributed by atoms with Crippen LogP contribution in [0.15, 0.2) is 24.7 Å². The molecule has 0 unspecified atom stereocenters. The fourth-order valence-electron chi connectivity index (χ4n) is 1.20. The molecule has 5 heteroatoms. The van der Waals surface area contributed by atoms with Crippen LogP contribution in [0.3, 0.4) is 0 Å². The van der Waals surface area contributed by atoms with Gasteiger partial charge in [0.05, 0.1) is 11.9 Å². The van der Waals surface area contributed by atoms with Crippen molar-refractivity contribution in [2.45, 2.75) is 0 Å². The summed E-state index contributed by atoms with van der Waals surface area (Å²) in [5.74, 6) is 5.83. The summed E-state index contributed by atoms with van der Waals surface area (Å²) in [7, 11) is 1.95. The molecular formula is C8H11N5. The minimum atomic E-state index is 0.318. The first kappa shape index (κ1) is 7.72. The molecule has 5 nitrogen and oxygen atoms in total. The number of nitrogens with two attached hydrogens (primary N) is 2. The van der Waals surface area contributed by atoms with Gasteiger partial charge in [-0.05, 0) is 6.07 Å². The number of nitrogen functional groups attached to an aromatic ring is 2. The average Bonchev–Trinajstić information content (AvgIpc) is 2.61. The molecule has 0 aliphatic carbocycles. The maximum atomic E-state index is 5.51. The molecule has 0 spiro atoms. The second-order valence-electron chi connectivity index (χ2n) is 2.96. The predicted molar refractivity (Wildman–Crippen MR) is 51.2 cm³/mol. The van der Waals surface area contributed by atoms with E-state index in [0.717, 1.165) is 11.3 Å². The lowest BCUT2D eigenvalue weighted by atomic mass is 10.3. The van der Waals surface area contributed by atoms with E-state index in [1.54, 1.807) is 6.20 Å². The normalized spacial score (nSPS) is 10.5. The number of hydrogen-bond donors (Lipinski definition) is 2. The van der Waals surface area contributed by atoms with Crippen LogP contribution in [0.5, 0.6) is 0 Å². The van der Waals surface area contributed by atoms with Gasteiger partial charge in [-0.15, -0.1) is 0 Å². The van der Waals surface area contributed by atoms with Crippen LogP contribution in [0.25, 0.3) is 11.3 Å². The van der Waals surface area contributed by atoms with Gasteiger partial charge in [-0.2, -0.15) is 0 Å². The molecule has 0 amide bonds. The zero-order valence-electron chi connectivity index (χ0n) is 7.31. The van der Waals surface area contributed by atoms with E-state index in [-0.39, 0.29) is 0 Å². The molecule has 2 aromatic rings. The Balaban J connectivity index is 2.46. The quantitative estimate of drug-likeness (QED) is 0.610. The fourth-order valence-corrected chi connectivity index (χ4v) is 1.20. The molecule has 0 aliphatic heterocycles. The number of aromatic nitrogens is 3. The van der Waals surface area contributed by atoms with Gasteiger partial charge in [0.2, 0.25) is 5.95 Å². The van der Waals surface area contributed by atoms with Gasteiger partial charge in [0, 0.05) is 25.0 Å². The lowest BCUT2D eigenvalue weighted by molar-refractivity contribution is 0.928. The minimum absolute atomic E-state index is 0.318. The maximum Gasteiger partial charge on any atom is 0.219 e. The lowest BCUT2D eigenvalue weighted by Gasteiger charge is -1.88. The van der Waals surface area contributed by atoms with E-state index in [2.05, 4.69) is 4.98 Å². The zero-order valence-corrected chi connectivity index (χ0v) is 7.31. The van der Waals surface area contributed by atoms with E-state index in [9.17, 15) is 0 Å². The zero-order chi connectivity index (χ0) is 9.42. The van der Waals surface area contributed by atoms with Crippen LogP contribution < -0.4 is 11.6 Å².